The molecule has 1 aromatic heterocycles. The number of furan rings is 1. The lowest BCUT2D eigenvalue weighted by molar-refractivity contribution is 0.259. The minimum absolute atomic E-state index is 0.567. The third kappa shape index (κ3) is 4.24. The van der Waals surface area contributed by atoms with E-state index in [2.05, 4.69) is 10.6 Å². The number of thioether (sulfide) groups is 1. The number of hydrogen-bond acceptors (Lipinski definition) is 4. The van der Waals surface area contributed by atoms with Crippen molar-refractivity contribution in [2.24, 2.45) is 5.73 Å². The number of benzene rings is 1. The van der Waals surface area contributed by atoms with Crippen molar-refractivity contribution >= 4 is 29.2 Å². The Balaban J connectivity index is 1.88. The molecule has 0 aliphatic carbocycles. The predicted molar refractivity (Wildman–Crippen MR) is 82.9 cm³/mol. The second-order valence-electron chi connectivity index (χ2n) is 4.22. The highest BCUT2D eigenvalue weighted by atomic mass is 32.2. The first kappa shape index (κ1) is 14.3. The van der Waals surface area contributed by atoms with Gasteiger partial charge >= 0.3 is 6.03 Å². The fourth-order valence-electron chi connectivity index (χ4n) is 1.74. The van der Waals surface area contributed by atoms with Crippen molar-refractivity contribution in [3.05, 3.63) is 47.9 Å². The van der Waals surface area contributed by atoms with Gasteiger partial charge in [0.25, 0.3) is 0 Å². The summed E-state index contributed by atoms with van der Waals surface area (Å²) >= 11 is 1.73. The maximum Gasteiger partial charge on any atom is 0.316 e. The van der Waals surface area contributed by atoms with E-state index in [0.717, 1.165) is 23.0 Å². The van der Waals surface area contributed by atoms with Gasteiger partial charge in [-0.15, -0.1) is 0 Å². The molecule has 0 atom stereocenters. The van der Waals surface area contributed by atoms with Gasteiger partial charge in [0, 0.05) is 11.4 Å². The third-order valence-corrected chi connectivity index (χ3v) is 3.20. The number of hydrogen-bond donors (Lipinski definition) is 3. The molecule has 4 N–H and O–H groups in total. The molecule has 106 valence electrons. The van der Waals surface area contributed by atoms with Crippen LogP contribution in [0.1, 0.15) is 11.5 Å². The van der Waals surface area contributed by atoms with Crippen molar-refractivity contribution in [3.63, 3.8) is 0 Å². The summed E-state index contributed by atoms with van der Waals surface area (Å²) < 4.78 is 5.67. The number of carbonyl (C=O) groups is 1. The Kier molecular flexibility index (Phi) is 4.95. The van der Waals surface area contributed by atoms with Gasteiger partial charge in [0.05, 0.1) is 12.3 Å². The van der Waals surface area contributed by atoms with Crippen LogP contribution in [0.3, 0.4) is 0 Å². The normalized spacial score (nSPS) is 10.2. The molecule has 6 heteroatoms. The highest BCUT2D eigenvalue weighted by Gasteiger charge is 2.02. The number of urea groups is 1. The Hall–Kier alpha value is -2.08. The van der Waals surface area contributed by atoms with Crippen molar-refractivity contribution in [2.45, 2.75) is 12.3 Å². The first-order valence-electron chi connectivity index (χ1n) is 6.14. The molecule has 0 aliphatic heterocycles. The number of anilines is 2. The zero-order valence-corrected chi connectivity index (χ0v) is 12.0. The van der Waals surface area contributed by atoms with Crippen LogP contribution in [0.2, 0.25) is 0 Å². The Labute approximate surface area is 121 Å². The van der Waals surface area contributed by atoms with Crippen LogP contribution in [-0.4, -0.2) is 12.3 Å². The van der Waals surface area contributed by atoms with Gasteiger partial charge in [0.15, 0.2) is 0 Å². The Morgan fingerprint density at radius 2 is 1.80 bits per heavy atom. The molecule has 5 nitrogen and oxygen atoms in total. The molecule has 0 saturated carbocycles. The van der Waals surface area contributed by atoms with Crippen LogP contribution in [0.4, 0.5) is 16.2 Å². The van der Waals surface area contributed by atoms with Gasteiger partial charge in [0.2, 0.25) is 0 Å². The maximum atomic E-state index is 10.7. The zero-order valence-electron chi connectivity index (χ0n) is 11.2. The number of carbonyl (C=O) groups excluding carboxylic acids is 1. The first-order chi connectivity index (χ1) is 9.67. The van der Waals surface area contributed by atoms with Crippen molar-refractivity contribution in [2.75, 3.05) is 16.9 Å². The summed E-state index contributed by atoms with van der Waals surface area (Å²) in [6, 6.07) is 10.7. The lowest BCUT2D eigenvalue weighted by Gasteiger charge is -2.06. The quantitative estimate of drug-likeness (QED) is 0.763. The summed E-state index contributed by atoms with van der Waals surface area (Å²) in [7, 11) is 0. The molecule has 0 spiro atoms. The predicted octanol–water partition coefficient (Wildman–Crippen LogP) is 3.25. The van der Waals surface area contributed by atoms with Crippen molar-refractivity contribution < 1.29 is 9.21 Å². The second kappa shape index (κ2) is 6.91. The van der Waals surface area contributed by atoms with Gasteiger partial charge in [-0.3, -0.25) is 0 Å². The van der Waals surface area contributed by atoms with Gasteiger partial charge in [-0.1, -0.05) is 0 Å². The molecule has 0 radical (unpaired) electrons. The molecule has 2 rings (SSSR count). The molecule has 20 heavy (non-hydrogen) atoms. The summed E-state index contributed by atoms with van der Waals surface area (Å²) in [5.74, 6) is 2.76. The zero-order chi connectivity index (χ0) is 14.4. The molecular formula is C14H17N3O2S. The summed E-state index contributed by atoms with van der Waals surface area (Å²) in [6.07, 6.45) is 2.04. The van der Waals surface area contributed by atoms with Gasteiger partial charge in [-0.25, -0.2) is 4.79 Å². The third-order valence-electron chi connectivity index (χ3n) is 2.62. The summed E-state index contributed by atoms with van der Waals surface area (Å²) in [5.41, 5.74) is 6.66. The summed E-state index contributed by atoms with van der Waals surface area (Å²) in [5, 5.41) is 5.77. The van der Waals surface area contributed by atoms with Crippen molar-refractivity contribution in [3.8, 4) is 0 Å². The van der Waals surface area contributed by atoms with E-state index in [9.17, 15) is 4.79 Å². The van der Waals surface area contributed by atoms with Crippen LogP contribution in [0.15, 0.2) is 40.8 Å². The average molecular weight is 291 g/mol. The van der Waals surface area contributed by atoms with Crippen LogP contribution in [0.25, 0.3) is 0 Å². The minimum atomic E-state index is -0.567. The Morgan fingerprint density at radius 3 is 2.45 bits per heavy atom. The Bertz CT molecular complexity index is 566. The number of nitrogens with two attached hydrogens (primary N) is 1. The van der Waals surface area contributed by atoms with E-state index in [1.165, 1.54) is 0 Å². The molecule has 0 aliphatic rings. The molecule has 0 saturated heterocycles. The lowest BCUT2D eigenvalue weighted by atomic mass is 10.2. The maximum absolute atomic E-state index is 10.7. The standard InChI is InChI=1S/C14H17N3O2S/c1-20-9-13-7-6-12(19-13)8-16-10-2-4-11(5-3-10)17-14(15)18/h2-7,16H,8-9H2,1H3,(H3,15,17,18). The second-order valence-corrected chi connectivity index (χ2v) is 5.09. The van der Waals surface area contributed by atoms with E-state index in [-0.39, 0.29) is 0 Å². The van der Waals surface area contributed by atoms with Gasteiger partial charge < -0.3 is 20.8 Å². The van der Waals surface area contributed by atoms with E-state index in [1.807, 2.05) is 30.5 Å². The first-order valence-corrected chi connectivity index (χ1v) is 7.53. The fourth-order valence-corrected chi connectivity index (χ4v) is 2.18. The van der Waals surface area contributed by atoms with Crippen LogP contribution in [0.5, 0.6) is 0 Å². The Morgan fingerprint density at radius 1 is 1.15 bits per heavy atom. The number of primary amides is 1. The van der Waals surface area contributed by atoms with Crippen LogP contribution in [0, 0.1) is 0 Å². The molecule has 2 amide bonds. The SMILES string of the molecule is CSCc1ccc(CNc2ccc(NC(N)=O)cc2)o1. The van der Waals surface area contributed by atoms with Crippen LogP contribution in [-0.2, 0) is 12.3 Å². The summed E-state index contributed by atoms with van der Waals surface area (Å²) in [6.45, 7) is 0.622. The van der Waals surface area contributed by atoms with E-state index in [0.29, 0.717) is 12.2 Å². The largest absolute Gasteiger partial charge is 0.463 e. The van der Waals surface area contributed by atoms with Crippen LogP contribution >= 0.6 is 11.8 Å². The molecule has 2 aromatic rings. The van der Waals surface area contributed by atoms with Gasteiger partial charge in [-0.05, 0) is 42.7 Å². The smallest absolute Gasteiger partial charge is 0.316 e. The summed E-state index contributed by atoms with van der Waals surface area (Å²) in [4.78, 5) is 10.7. The molecule has 1 heterocycles. The average Bonchev–Trinajstić information content (AvgIpc) is 2.86. The molecule has 0 bridgehead atoms. The monoisotopic (exact) mass is 291 g/mol. The van der Waals surface area contributed by atoms with Crippen molar-refractivity contribution in [1.29, 1.82) is 0 Å². The van der Waals surface area contributed by atoms with E-state index < -0.39 is 6.03 Å². The number of rotatable bonds is 6. The number of amides is 2. The van der Waals surface area contributed by atoms with Gasteiger partial charge in [0.1, 0.15) is 11.5 Å². The van der Waals surface area contributed by atoms with E-state index >= 15 is 0 Å². The minimum Gasteiger partial charge on any atom is -0.463 e. The highest BCUT2D eigenvalue weighted by Crippen LogP contribution is 2.17. The van der Waals surface area contributed by atoms with E-state index in [4.69, 9.17) is 10.2 Å². The molecular weight excluding hydrogens is 274 g/mol. The molecule has 1 aromatic carbocycles. The topological polar surface area (TPSA) is 80.3 Å². The lowest BCUT2D eigenvalue weighted by Crippen LogP contribution is -2.19. The number of nitrogens with one attached hydrogen (secondary N) is 2. The van der Waals surface area contributed by atoms with Crippen molar-refractivity contribution in [1.82, 2.24) is 0 Å². The molecule has 0 unspecified atom stereocenters. The fraction of sp³-hybridized carbons (Fsp3) is 0.214. The van der Waals surface area contributed by atoms with Gasteiger partial charge in [-0.2, -0.15) is 11.8 Å². The molecule has 0 fully saturated rings. The van der Waals surface area contributed by atoms with E-state index in [1.54, 1.807) is 23.9 Å². The van der Waals surface area contributed by atoms with Crippen LogP contribution < -0.4 is 16.4 Å². The highest BCUT2D eigenvalue weighted by molar-refractivity contribution is 7.97.